The van der Waals surface area contributed by atoms with Gasteiger partial charge in [0.05, 0.1) is 28.4 Å². The molecule has 0 bridgehead atoms. The number of carbonyl (C=O) groups excluding carboxylic acids is 2. The number of para-hydroxylation sites is 1. The Bertz CT molecular complexity index is 1430. The second kappa shape index (κ2) is 10.1. The number of ketones is 1. The molecule has 192 valence electrons. The lowest BCUT2D eigenvalue weighted by Crippen LogP contribution is -2.65. The quantitative estimate of drug-likeness (QED) is 0.0930. The van der Waals surface area contributed by atoms with Gasteiger partial charge in [-0.2, -0.15) is 5.10 Å². The van der Waals surface area contributed by atoms with Crippen LogP contribution in [0, 0.1) is 12.7 Å². The molecule has 13 heteroatoms. The standard InChI is InChI=1S/C24H27FN10O2/c1-15-7-8-30-35(15)22-20-19(18(25)14-29-22)17(13-28-20)21(36)23(37)32-9-11-33(12-10-32)24(31-26)34(27)16-5-3-2-4-6-16/h2-8,13-14,24,28,31H,9-12,26-27H2,1H3. The van der Waals surface area contributed by atoms with Crippen LogP contribution in [0.15, 0.2) is 55.0 Å². The van der Waals surface area contributed by atoms with Crippen LogP contribution in [0.2, 0.25) is 0 Å². The Morgan fingerprint density at radius 1 is 1.16 bits per heavy atom. The number of nitrogens with two attached hydrogens (primary N) is 2. The number of carbonyl (C=O) groups is 2. The van der Waals surface area contributed by atoms with E-state index in [4.69, 9.17) is 11.7 Å². The third-order valence-electron chi connectivity index (χ3n) is 6.53. The van der Waals surface area contributed by atoms with Crippen molar-refractivity contribution < 1.29 is 14.0 Å². The number of Topliss-reactive ketones (excluding diaryl/α,β-unsaturated/α-hetero) is 1. The van der Waals surface area contributed by atoms with E-state index in [1.54, 1.807) is 12.3 Å². The summed E-state index contributed by atoms with van der Waals surface area (Å²) in [5.74, 6) is 10.2. The highest BCUT2D eigenvalue weighted by atomic mass is 19.1. The number of hydrogen-bond donors (Lipinski definition) is 4. The molecule has 12 nitrogen and oxygen atoms in total. The van der Waals surface area contributed by atoms with E-state index in [1.165, 1.54) is 20.8 Å². The lowest BCUT2D eigenvalue weighted by atomic mass is 10.1. The molecule has 1 atom stereocenters. The summed E-state index contributed by atoms with van der Waals surface area (Å²) >= 11 is 0. The molecule has 0 aliphatic carbocycles. The molecule has 1 unspecified atom stereocenters. The number of aryl methyl sites for hydroxylation is 1. The molecular formula is C24H27FN10O2. The topological polar surface area (TPSA) is 154 Å². The van der Waals surface area contributed by atoms with Gasteiger partial charge in [-0.05, 0) is 25.1 Å². The van der Waals surface area contributed by atoms with Crippen LogP contribution in [0.4, 0.5) is 10.1 Å². The van der Waals surface area contributed by atoms with E-state index in [-0.39, 0.29) is 29.6 Å². The number of halogens is 1. The minimum absolute atomic E-state index is 0.00548. The molecule has 1 aromatic carbocycles. The average molecular weight is 507 g/mol. The summed E-state index contributed by atoms with van der Waals surface area (Å²) < 4.78 is 16.4. The zero-order chi connectivity index (χ0) is 26.1. The van der Waals surface area contributed by atoms with E-state index in [9.17, 15) is 14.0 Å². The molecule has 1 aliphatic heterocycles. The summed E-state index contributed by atoms with van der Waals surface area (Å²) in [6.07, 6.45) is 3.45. The molecule has 1 amide bonds. The van der Waals surface area contributed by atoms with Crippen molar-refractivity contribution in [1.82, 2.24) is 35.0 Å². The summed E-state index contributed by atoms with van der Waals surface area (Å²) in [5.41, 5.74) is 4.49. The number of piperazine rings is 1. The number of hydrazine groups is 2. The number of hydrogen-bond acceptors (Lipinski definition) is 9. The summed E-state index contributed by atoms with van der Waals surface area (Å²) in [4.78, 5) is 36.8. The zero-order valence-corrected chi connectivity index (χ0v) is 20.1. The number of anilines is 1. The minimum atomic E-state index is -0.800. The van der Waals surface area contributed by atoms with E-state index in [0.29, 0.717) is 18.9 Å². The second-order valence-corrected chi connectivity index (χ2v) is 8.71. The molecule has 1 fully saturated rings. The van der Waals surface area contributed by atoms with Crippen LogP contribution in [0.3, 0.4) is 0 Å². The predicted octanol–water partition coefficient (Wildman–Crippen LogP) is 0.650. The van der Waals surface area contributed by atoms with Crippen molar-refractivity contribution in [3.63, 3.8) is 0 Å². The summed E-state index contributed by atoms with van der Waals surface area (Å²) in [5, 5.41) is 5.72. The molecule has 3 aromatic heterocycles. The summed E-state index contributed by atoms with van der Waals surface area (Å²) in [6, 6.07) is 11.1. The highest BCUT2D eigenvalue weighted by molar-refractivity contribution is 6.45. The van der Waals surface area contributed by atoms with Gasteiger partial charge in [0.2, 0.25) is 0 Å². The van der Waals surface area contributed by atoms with Crippen molar-refractivity contribution in [2.75, 3.05) is 31.2 Å². The van der Waals surface area contributed by atoms with Crippen molar-refractivity contribution >= 4 is 28.3 Å². The fraction of sp³-hybridized carbons (Fsp3) is 0.250. The average Bonchev–Trinajstić information content (AvgIpc) is 3.57. The lowest BCUT2D eigenvalue weighted by molar-refractivity contribution is -0.128. The van der Waals surface area contributed by atoms with Gasteiger partial charge in [-0.1, -0.05) is 18.2 Å². The first-order valence-electron chi connectivity index (χ1n) is 11.7. The SMILES string of the molecule is Cc1ccnn1-c1ncc(F)c2c(C(=O)C(=O)N3CCN(C(NN)N(N)c4ccccc4)CC3)c[nH]c12. The fourth-order valence-corrected chi connectivity index (χ4v) is 4.56. The van der Waals surface area contributed by atoms with Gasteiger partial charge >= 0.3 is 0 Å². The number of pyridine rings is 1. The van der Waals surface area contributed by atoms with E-state index in [1.807, 2.05) is 42.2 Å². The normalized spacial score (nSPS) is 15.2. The van der Waals surface area contributed by atoms with Crippen LogP contribution in [0.1, 0.15) is 16.1 Å². The first kappa shape index (κ1) is 24.5. The number of nitrogens with zero attached hydrogens (tertiary/aromatic N) is 6. The molecule has 4 heterocycles. The first-order chi connectivity index (χ1) is 17.9. The van der Waals surface area contributed by atoms with Crippen molar-refractivity contribution in [3.8, 4) is 5.82 Å². The number of H-pyrrole nitrogens is 1. The van der Waals surface area contributed by atoms with Gasteiger partial charge in [0.25, 0.3) is 11.7 Å². The molecular weight excluding hydrogens is 479 g/mol. The predicted molar refractivity (Wildman–Crippen MR) is 135 cm³/mol. The molecule has 0 saturated carbocycles. The second-order valence-electron chi connectivity index (χ2n) is 8.71. The fourth-order valence-electron chi connectivity index (χ4n) is 4.56. The van der Waals surface area contributed by atoms with Crippen LogP contribution in [0.25, 0.3) is 16.7 Å². The van der Waals surface area contributed by atoms with Gasteiger partial charge in [0, 0.05) is 44.3 Å². The third kappa shape index (κ3) is 4.44. The Morgan fingerprint density at radius 3 is 2.54 bits per heavy atom. The third-order valence-corrected chi connectivity index (χ3v) is 6.53. The van der Waals surface area contributed by atoms with Gasteiger partial charge < -0.3 is 9.88 Å². The Kier molecular flexibility index (Phi) is 6.67. The maximum absolute atomic E-state index is 14.8. The first-order valence-corrected chi connectivity index (χ1v) is 11.7. The molecule has 1 aliphatic rings. The highest BCUT2D eigenvalue weighted by Gasteiger charge is 2.33. The summed E-state index contributed by atoms with van der Waals surface area (Å²) in [7, 11) is 0. The molecule has 37 heavy (non-hydrogen) atoms. The molecule has 0 spiro atoms. The van der Waals surface area contributed by atoms with Crippen LogP contribution >= 0.6 is 0 Å². The number of benzene rings is 1. The largest absolute Gasteiger partial charge is 0.357 e. The molecule has 5 rings (SSSR count). The van der Waals surface area contributed by atoms with Crippen LogP contribution < -0.4 is 22.1 Å². The highest BCUT2D eigenvalue weighted by Crippen LogP contribution is 2.27. The maximum atomic E-state index is 14.8. The molecule has 0 radical (unpaired) electrons. The number of aromatic nitrogens is 4. The van der Waals surface area contributed by atoms with Gasteiger partial charge in [-0.3, -0.25) is 25.3 Å². The number of rotatable bonds is 7. The smallest absolute Gasteiger partial charge is 0.295 e. The lowest BCUT2D eigenvalue weighted by Gasteiger charge is -2.42. The van der Waals surface area contributed by atoms with Gasteiger partial charge in [0.15, 0.2) is 17.9 Å². The van der Waals surface area contributed by atoms with Crippen LogP contribution in [0.5, 0.6) is 0 Å². The molecule has 6 N–H and O–H groups in total. The monoisotopic (exact) mass is 506 g/mol. The Hall–Kier alpha value is -4.17. The van der Waals surface area contributed by atoms with Gasteiger partial charge in [-0.15, -0.1) is 0 Å². The van der Waals surface area contributed by atoms with Crippen LogP contribution in [-0.4, -0.2) is 73.7 Å². The van der Waals surface area contributed by atoms with Crippen molar-refractivity contribution in [2.24, 2.45) is 11.7 Å². The Balaban J connectivity index is 1.32. The zero-order valence-electron chi connectivity index (χ0n) is 20.1. The van der Waals surface area contributed by atoms with Gasteiger partial charge in [-0.25, -0.2) is 25.3 Å². The van der Waals surface area contributed by atoms with E-state index in [2.05, 4.69) is 20.5 Å². The number of aromatic amines is 1. The molecule has 4 aromatic rings. The van der Waals surface area contributed by atoms with Crippen LogP contribution in [-0.2, 0) is 4.79 Å². The van der Waals surface area contributed by atoms with E-state index < -0.39 is 23.8 Å². The van der Waals surface area contributed by atoms with Crippen molar-refractivity contribution in [3.05, 3.63) is 72.1 Å². The number of amides is 1. The van der Waals surface area contributed by atoms with Crippen molar-refractivity contribution in [1.29, 1.82) is 0 Å². The minimum Gasteiger partial charge on any atom is -0.357 e. The Labute approximate surface area is 211 Å². The van der Waals surface area contributed by atoms with Gasteiger partial charge in [0.1, 0.15) is 0 Å². The van der Waals surface area contributed by atoms with Crippen molar-refractivity contribution in [2.45, 2.75) is 13.2 Å². The Morgan fingerprint density at radius 2 is 1.89 bits per heavy atom. The number of nitrogens with one attached hydrogen (secondary N) is 2. The summed E-state index contributed by atoms with van der Waals surface area (Å²) in [6.45, 7) is 3.22. The molecule has 1 saturated heterocycles. The number of fused-ring (bicyclic) bond motifs is 1. The van der Waals surface area contributed by atoms with E-state index in [0.717, 1.165) is 17.6 Å². The van der Waals surface area contributed by atoms with E-state index >= 15 is 0 Å². The maximum Gasteiger partial charge on any atom is 0.295 e.